The van der Waals surface area contributed by atoms with Crippen LogP contribution in [0.2, 0.25) is 5.02 Å². The maximum atomic E-state index is 12.8. The summed E-state index contributed by atoms with van der Waals surface area (Å²) in [6.45, 7) is 0. The number of carbonyl (C=O) groups is 2. The van der Waals surface area contributed by atoms with Crippen LogP contribution in [0.1, 0.15) is 12.5 Å². The van der Waals surface area contributed by atoms with Crippen molar-refractivity contribution in [3.05, 3.63) is 59.6 Å². The third-order valence-corrected chi connectivity index (χ3v) is 4.83. The van der Waals surface area contributed by atoms with Crippen molar-refractivity contribution in [1.82, 2.24) is 9.78 Å². The van der Waals surface area contributed by atoms with Crippen LogP contribution in [-0.2, 0) is 9.59 Å². The molecule has 1 atom stereocenters. The number of hydrogen-bond acceptors (Lipinski definition) is 4. The van der Waals surface area contributed by atoms with Gasteiger partial charge in [-0.2, -0.15) is 5.10 Å². The maximum absolute atomic E-state index is 12.8. The summed E-state index contributed by atoms with van der Waals surface area (Å²) in [5.74, 6) is 0.612. The average Bonchev–Trinajstić information content (AvgIpc) is 3.13. The van der Waals surface area contributed by atoms with Crippen molar-refractivity contribution in [2.45, 2.75) is 12.5 Å². The van der Waals surface area contributed by atoms with Gasteiger partial charge in [-0.1, -0.05) is 23.7 Å². The topological polar surface area (TPSA) is 85.2 Å². The van der Waals surface area contributed by atoms with Gasteiger partial charge in [-0.25, -0.2) is 4.68 Å². The standard InChI is InChI=1S/C20H17ClN4O3/c1-28-13-8-6-12(7-9-13)16-10-18-23-19(26)11-17(25(18)24-16)20(27)22-15-5-3-2-4-14(15)21/h2-10,17H,11H2,1H3,(H,22,27)(H,23,26). The molecule has 2 aromatic carbocycles. The SMILES string of the molecule is COc1ccc(-c2cc3n(n2)C(C(=O)Nc2ccccc2Cl)CC(=O)N3)cc1. The summed E-state index contributed by atoms with van der Waals surface area (Å²) in [5, 5.41) is 10.5. The van der Waals surface area contributed by atoms with Crippen molar-refractivity contribution < 1.29 is 14.3 Å². The number of carbonyl (C=O) groups excluding carboxylic acids is 2. The third kappa shape index (κ3) is 3.44. The molecule has 142 valence electrons. The lowest BCUT2D eigenvalue weighted by Crippen LogP contribution is -2.35. The van der Waals surface area contributed by atoms with Gasteiger partial charge >= 0.3 is 0 Å². The van der Waals surface area contributed by atoms with E-state index >= 15 is 0 Å². The number of aromatic nitrogens is 2. The minimum absolute atomic E-state index is 0.00693. The summed E-state index contributed by atoms with van der Waals surface area (Å²) in [6.07, 6.45) is -0.00693. The number of ether oxygens (including phenoxy) is 1. The zero-order chi connectivity index (χ0) is 19.7. The van der Waals surface area contributed by atoms with Gasteiger partial charge in [0.25, 0.3) is 0 Å². The largest absolute Gasteiger partial charge is 0.497 e. The average molecular weight is 397 g/mol. The second-order valence-electron chi connectivity index (χ2n) is 6.33. The van der Waals surface area contributed by atoms with Crippen LogP contribution in [0.5, 0.6) is 5.75 Å². The summed E-state index contributed by atoms with van der Waals surface area (Å²) >= 11 is 6.12. The smallest absolute Gasteiger partial charge is 0.249 e. The van der Waals surface area contributed by atoms with Gasteiger partial charge in [-0.15, -0.1) is 0 Å². The highest BCUT2D eigenvalue weighted by Crippen LogP contribution is 2.31. The van der Waals surface area contributed by atoms with Crippen molar-refractivity contribution >= 4 is 34.9 Å². The normalized spacial score (nSPS) is 15.5. The Balaban J connectivity index is 1.64. The number of amides is 2. The monoisotopic (exact) mass is 396 g/mol. The highest BCUT2D eigenvalue weighted by Gasteiger charge is 2.32. The second-order valence-corrected chi connectivity index (χ2v) is 6.73. The van der Waals surface area contributed by atoms with Crippen molar-refractivity contribution in [2.75, 3.05) is 17.7 Å². The fourth-order valence-corrected chi connectivity index (χ4v) is 3.25. The number of hydrogen-bond donors (Lipinski definition) is 2. The molecule has 1 unspecified atom stereocenters. The minimum atomic E-state index is -0.771. The molecule has 1 aromatic heterocycles. The number of anilines is 2. The predicted molar refractivity (Wildman–Crippen MR) is 107 cm³/mol. The molecule has 0 saturated heterocycles. The van der Waals surface area contributed by atoms with E-state index in [1.54, 1.807) is 37.4 Å². The molecule has 7 nitrogen and oxygen atoms in total. The summed E-state index contributed by atoms with van der Waals surface area (Å²) < 4.78 is 6.70. The molecule has 0 bridgehead atoms. The van der Waals surface area contributed by atoms with Crippen molar-refractivity contribution in [1.29, 1.82) is 0 Å². The first-order valence-electron chi connectivity index (χ1n) is 8.64. The Kier molecular flexibility index (Phi) is 4.75. The molecule has 1 aliphatic heterocycles. The van der Waals surface area contributed by atoms with Crippen LogP contribution in [-0.4, -0.2) is 28.7 Å². The van der Waals surface area contributed by atoms with E-state index in [4.69, 9.17) is 16.3 Å². The molecule has 0 saturated carbocycles. The van der Waals surface area contributed by atoms with Gasteiger partial charge in [0.05, 0.1) is 29.9 Å². The second kappa shape index (κ2) is 7.36. The first kappa shape index (κ1) is 18.1. The lowest BCUT2D eigenvalue weighted by Gasteiger charge is -2.23. The molecule has 28 heavy (non-hydrogen) atoms. The summed E-state index contributed by atoms with van der Waals surface area (Å²) in [6, 6.07) is 15.3. The zero-order valence-electron chi connectivity index (χ0n) is 15.0. The van der Waals surface area contributed by atoms with Crippen molar-refractivity contribution in [2.24, 2.45) is 0 Å². The van der Waals surface area contributed by atoms with E-state index in [0.717, 1.165) is 11.3 Å². The molecule has 0 spiro atoms. The number of methoxy groups -OCH3 is 1. The van der Waals surface area contributed by atoms with Gasteiger partial charge in [0, 0.05) is 11.6 Å². The Bertz CT molecular complexity index is 1050. The Morgan fingerprint density at radius 3 is 2.71 bits per heavy atom. The van der Waals surface area contributed by atoms with E-state index in [0.29, 0.717) is 22.2 Å². The minimum Gasteiger partial charge on any atom is -0.497 e. The number of nitrogens with zero attached hydrogens (tertiary/aromatic N) is 2. The Labute approximate surface area is 166 Å². The van der Waals surface area contributed by atoms with Gasteiger partial charge in [-0.05, 0) is 36.4 Å². The molecular formula is C20H17ClN4O3. The third-order valence-electron chi connectivity index (χ3n) is 4.50. The van der Waals surface area contributed by atoms with E-state index in [9.17, 15) is 9.59 Å². The number of benzene rings is 2. The molecule has 8 heteroatoms. The summed E-state index contributed by atoms with van der Waals surface area (Å²) in [5.41, 5.74) is 1.99. The van der Waals surface area contributed by atoms with E-state index in [-0.39, 0.29) is 18.2 Å². The molecular weight excluding hydrogens is 380 g/mol. The van der Waals surface area contributed by atoms with Crippen molar-refractivity contribution in [3.8, 4) is 17.0 Å². The van der Waals surface area contributed by atoms with Gasteiger partial charge < -0.3 is 15.4 Å². The molecule has 0 radical (unpaired) electrons. The van der Waals surface area contributed by atoms with E-state index in [2.05, 4.69) is 15.7 Å². The van der Waals surface area contributed by atoms with E-state index < -0.39 is 6.04 Å². The van der Waals surface area contributed by atoms with Gasteiger partial charge in [-0.3, -0.25) is 9.59 Å². The summed E-state index contributed by atoms with van der Waals surface area (Å²) in [7, 11) is 1.60. The van der Waals surface area contributed by atoms with E-state index in [1.165, 1.54) is 4.68 Å². The quantitative estimate of drug-likeness (QED) is 0.703. The maximum Gasteiger partial charge on any atom is 0.249 e. The van der Waals surface area contributed by atoms with Crippen LogP contribution < -0.4 is 15.4 Å². The lowest BCUT2D eigenvalue weighted by atomic mass is 10.1. The molecule has 3 aromatic rings. The fourth-order valence-electron chi connectivity index (χ4n) is 3.07. The highest BCUT2D eigenvalue weighted by atomic mass is 35.5. The van der Waals surface area contributed by atoms with Crippen LogP contribution in [0.3, 0.4) is 0 Å². The van der Waals surface area contributed by atoms with Gasteiger partial charge in [0.1, 0.15) is 17.6 Å². The fraction of sp³-hybridized carbons (Fsp3) is 0.150. The molecule has 4 rings (SSSR count). The number of para-hydroxylation sites is 1. The molecule has 0 fully saturated rings. The number of halogens is 1. The number of fused-ring (bicyclic) bond motifs is 1. The molecule has 2 N–H and O–H groups in total. The van der Waals surface area contributed by atoms with E-state index in [1.807, 2.05) is 24.3 Å². The Morgan fingerprint density at radius 2 is 2.00 bits per heavy atom. The molecule has 2 heterocycles. The Morgan fingerprint density at radius 1 is 1.25 bits per heavy atom. The first-order chi connectivity index (χ1) is 13.5. The lowest BCUT2D eigenvalue weighted by molar-refractivity contribution is -0.125. The van der Waals surface area contributed by atoms with Crippen molar-refractivity contribution in [3.63, 3.8) is 0 Å². The van der Waals surface area contributed by atoms with Crippen LogP contribution in [0.4, 0.5) is 11.5 Å². The van der Waals surface area contributed by atoms with Crippen LogP contribution >= 0.6 is 11.6 Å². The number of nitrogens with one attached hydrogen (secondary N) is 2. The molecule has 0 aliphatic carbocycles. The van der Waals surface area contributed by atoms with Crippen LogP contribution in [0.25, 0.3) is 11.3 Å². The molecule has 1 aliphatic rings. The molecule has 2 amide bonds. The van der Waals surface area contributed by atoms with Gasteiger partial charge in [0.2, 0.25) is 11.8 Å². The predicted octanol–water partition coefficient (Wildman–Crippen LogP) is 3.73. The number of rotatable bonds is 4. The zero-order valence-corrected chi connectivity index (χ0v) is 15.7. The van der Waals surface area contributed by atoms with Gasteiger partial charge in [0.15, 0.2) is 0 Å². The first-order valence-corrected chi connectivity index (χ1v) is 9.02. The van der Waals surface area contributed by atoms with Crippen LogP contribution in [0, 0.1) is 0 Å². The summed E-state index contributed by atoms with van der Waals surface area (Å²) in [4.78, 5) is 24.9. The highest BCUT2D eigenvalue weighted by molar-refractivity contribution is 6.33. The van der Waals surface area contributed by atoms with Crippen LogP contribution in [0.15, 0.2) is 54.6 Å². The Hall–Kier alpha value is -3.32.